The summed E-state index contributed by atoms with van der Waals surface area (Å²) in [6.45, 7) is 3.32. The van der Waals surface area contributed by atoms with E-state index in [9.17, 15) is 8.42 Å². The first-order valence-corrected chi connectivity index (χ1v) is 7.98. The zero-order valence-corrected chi connectivity index (χ0v) is 12.7. The molecule has 1 aromatic carbocycles. The van der Waals surface area contributed by atoms with E-state index in [1.807, 2.05) is 0 Å². The van der Waals surface area contributed by atoms with Gasteiger partial charge in [0.05, 0.1) is 18.9 Å². The minimum Gasteiger partial charge on any atom is -0.395 e. The second-order valence-corrected chi connectivity index (χ2v) is 5.91. The number of nitrogens with zero attached hydrogens (tertiary/aromatic N) is 1. The molecule has 0 atom stereocenters. The predicted octanol–water partition coefficient (Wildman–Crippen LogP) is 0.430. The topological polar surface area (TPSA) is 78.9 Å². The van der Waals surface area contributed by atoms with Crippen molar-refractivity contribution in [2.45, 2.75) is 11.8 Å². The predicted molar refractivity (Wildman–Crippen MR) is 78.5 cm³/mol. The summed E-state index contributed by atoms with van der Waals surface area (Å²) < 4.78 is 31.9. The summed E-state index contributed by atoms with van der Waals surface area (Å²) in [4.78, 5) is 2.01. The molecule has 0 saturated heterocycles. The van der Waals surface area contributed by atoms with Crippen LogP contribution in [-0.2, 0) is 14.8 Å². The van der Waals surface area contributed by atoms with Gasteiger partial charge in [0.2, 0.25) is 10.0 Å². The average molecular weight is 302 g/mol. The van der Waals surface area contributed by atoms with Gasteiger partial charge in [-0.25, -0.2) is 13.1 Å². The van der Waals surface area contributed by atoms with Crippen molar-refractivity contribution >= 4 is 15.7 Å². The molecule has 20 heavy (non-hydrogen) atoms. The molecule has 0 radical (unpaired) electrons. The Morgan fingerprint density at radius 1 is 1.30 bits per heavy atom. The molecule has 6 nitrogen and oxygen atoms in total. The van der Waals surface area contributed by atoms with E-state index in [0.29, 0.717) is 31.9 Å². The van der Waals surface area contributed by atoms with Crippen LogP contribution in [0.25, 0.3) is 0 Å². The summed E-state index contributed by atoms with van der Waals surface area (Å²) in [7, 11) is -1.96. The van der Waals surface area contributed by atoms with E-state index in [2.05, 4.69) is 4.72 Å². The lowest BCUT2D eigenvalue weighted by molar-refractivity contribution is 0.202. The Morgan fingerprint density at radius 2 is 2.00 bits per heavy atom. The van der Waals surface area contributed by atoms with Crippen LogP contribution in [0.5, 0.6) is 0 Å². The first kappa shape index (κ1) is 16.9. The van der Waals surface area contributed by atoms with Crippen molar-refractivity contribution in [3.63, 3.8) is 0 Å². The van der Waals surface area contributed by atoms with Crippen LogP contribution >= 0.6 is 0 Å². The second-order valence-electron chi connectivity index (χ2n) is 4.17. The third kappa shape index (κ3) is 4.45. The highest BCUT2D eigenvalue weighted by atomic mass is 32.2. The third-order valence-electron chi connectivity index (χ3n) is 2.77. The van der Waals surface area contributed by atoms with E-state index in [-0.39, 0.29) is 11.5 Å². The van der Waals surface area contributed by atoms with Crippen molar-refractivity contribution in [1.29, 1.82) is 0 Å². The fourth-order valence-electron chi connectivity index (χ4n) is 1.89. The van der Waals surface area contributed by atoms with Gasteiger partial charge in [-0.1, -0.05) is 19.1 Å². The lowest BCUT2D eigenvalue weighted by Gasteiger charge is -2.25. The largest absolute Gasteiger partial charge is 0.395 e. The number of ether oxygens (including phenoxy) is 1. The molecule has 0 aliphatic carbocycles. The summed E-state index contributed by atoms with van der Waals surface area (Å²) in [6.07, 6.45) is 0. The quantitative estimate of drug-likeness (QED) is 0.691. The monoisotopic (exact) mass is 302 g/mol. The molecule has 0 amide bonds. The van der Waals surface area contributed by atoms with E-state index in [0.717, 1.165) is 0 Å². The molecule has 7 heteroatoms. The fraction of sp³-hybridized carbons (Fsp3) is 0.538. The molecule has 0 saturated carbocycles. The van der Waals surface area contributed by atoms with Gasteiger partial charge in [-0.15, -0.1) is 0 Å². The molecular weight excluding hydrogens is 280 g/mol. The van der Waals surface area contributed by atoms with E-state index in [1.54, 1.807) is 43.2 Å². The molecule has 1 aromatic rings. The normalized spacial score (nSPS) is 11.6. The molecule has 0 aromatic heterocycles. The van der Waals surface area contributed by atoms with Gasteiger partial charge in [0.25, 0.3) is 0 Å². The van der Waals surface area contributed by atoms with Gasteiger partial charge >= 0.3 is 0 Å². The highest BCUT2D eigenvalue weighted by Gasteiger charge is 2.20. The maximum Gasteiger partial charge on any atom is 0.242 e. The zero-order chi connectivity index (χ0) is 15.0. The minimum absolute atomic E-state index is 0.0562. The molecule has 0 heterocycles. The number of benzene rings is 1. The first-order chi connectivity index (χ1) is 9.56. The molecule has 114 valence electrons. The molecule has 0 unspecified atom stereocenters. The number of para-hydroxylation sites is 1. The third-order valence-corrected chi connectivity index (χ3v) is 4.36. The van der Waals surface area contributed by atoms with E-state index in [1.165, 1.54) is 0 Å². The SMILES string of the molecule is CCNS(=O)(=O)c1ccccc1N(CCO)CCOC. The lowest BCUT2D eigenvalue weighted by atomic mass is 10.3. The fourth-order valence-corrected chi connectivity index (χ4v) is 3.15. The van der Waals surface area contributed by atoms with Crippen molar-refractivity contribution in [3.8, 4) is 0 Å². The van der Waals surface area contributed by atoms with Crippen LogP contribution in [0, 0.1) is 0 Å². The van der Waals surface area contributed by atoms with Gasteiger partial charge in [-0.2, -0.15) is 0 Å². The molecule has 0 aliphatic rings. The van der Waals surface area contributed by atoms with Crippen molar-refractivity contribution < 1.29 is 18.3 Å². The number of sulfonamides is 1. The molecule has 0 fully saturated rings. The number of aliphatic hydroxyl groups excluding tert-OH is 1. The van der Waals surface area contributed by atoms with Gasteiger partial charge in [0.15, 0.2) is 0 Å². The molecule has 0 spiro atoms. The van der Waals surface area contributed by atoms with E-state index in [4.69, 9.17) is 9.84 Å². The number of anilines is 1. The van der Waals surface area contributed by atoms with Crippen LogP contribution in [0.4, 0.5) is 5.69 Å². The number of rotatable bonds is 9. The number of aliphatic hydroxyl groups is 1. The molecule has 2 N–H and O–H groups in total. The summed E-state index contributed by atoms with van der Waals surface area (Å²) in [5.74, 6) is 0. The Balaban J connectivity index is 3.15. The number of methoxy groups -OCH3 is 1. The van der Waals surface area contributed by atoms with Crippen LogP contribution < -0.4 is 9.62 Å². The molecule has 1 rings (SSSR count). The molecule has 0 bridgehead atoms. The van der Waals surface area contributed by atoms with Crippen LogP contribution in [0.3, 0.4) is 0 Å². The molecule has 0 aliphatic heterocycles. The van der Waals surface area contributed by atoms with Gasteiger partial charge in [-0.05, 0) is 12.1 Å². The highest BCUT2D eigenvalue weighted by molar-refractivity contribution is 7.89. The zero-order valence-electron chi connectivity index (χ0n) is 11.9. The second kappa shape index (κ2) is 8.21. The highest BCUT2D eigenvalue weighted by Crippen LogP contribution is 2.24. The first-order valence-electron chi connectivity index (χ1n) is 6.50. The van der Waals surface area contributed by atoms with Crippen LogP contribution in [0.15, 0.2) is 29.2 Å². The van der Waals surface area contributed by atoms with Crippen LogP contribution in [0.1, 0.15) is 6.92 Å². The number of nitrogens with one attached hydrogen (secondary N) is 1. The van der Waals surface area contributed by atoms with Crippen LogP contribution in [-0.4, -0.2) is 53.5 Å². The Kier molecular flexibility index (Phi) is 6.94. The van der Waals surface area contributed by atoms with Crippen LogP contribution in [0.2, 0.25) is 0 Å². The Hall–Kier alpha value is -1.15. The van der Waals surface area contributed by atoms with Gasteiger partial charge in [0, 0.05) is 26.7 Å². The van der Waals surface area contributed by atoms with Gasteiger partial charge in [0.1, 0.15) is 4.90 Å². The summed E-state index contributed by atoms with van der Waals surface area (Å²) in [5.41, 5.74) is 0.569. The van der Waals surface area contributed by atoms with E-state index >= 15 is 0 Å². The van der Waals surface area contributed by atoms with Gasteiger partial charge in [-0.3, -0.25) is 0 Å². The van der Waals surface area contributed by atoms with Crippen molar-refractivity contribution in [1.82, 2.24) is 4.72 Å². The minimum atomic E-state index is -3.54. The average Bonchev–Trinajstić information content (AvgIpc) is 2.43. The van der Waals surface area contributed by atoms with Gasteiger partial charge < -0.3 is 14.7 Å². The lowest BCUT2D eigenvalue weighted by Crippen LogP contribution is -2.33. The van der Waals surface area contributed by atoms with Crippen molar-refractivity contribution in [2.75, 3.05) is 44.9 Å². The smallest absolute Gasteiger partial charge is 0.242 e. The number of hydrogen-bond donors (Lipinski definition) is 2. The van der Waals surface area contributed by atoms with E-state index < -0.39 is 10.0 Å². The molecular formula is C13H22N2O4S. The maximum atomic E-state index is 12.2. The summed E-state index contributed by atoms with van der Waals surface area (Å²) >= 11 is 0. The maximum absolute atomic E-state index is 12.2. The Bertz CT molecular complexity index is 505. The van der Waals surface area contributed by atoms with Crippen molar-refractivity contribution in [2.24, 2.45) is 0 Å². The summed E-state index contributed by atoms with van der Waals surface area (Å²) in [6, 6.07) is 6.75. The van der Waals surface area contributed by atoms with Crippen molar-refractivity contribution in [3.05, 3.63) is 24.3 Å². The Labute approximate surface area is 120 Å². The Morgan fingerprint density at radius 3 is 2.60 bits per heavy atom. The number of hydrogen-bond acceptors (Lipinski definition) is 5. The standard InChI is InChI=1S/C13H22N2O4S/c1-3-14-20(17,18)13-7-5-4-6-12(13)15(8-10-16)9-11-19-2/h4-7,14,16H,3,8-11H2,1-2H3. The summed E-state index contributed by atoms with van der Waals surface area (Å²) in [5, 5.41) is 9.15.